The molecule has 0 radical (unpaired) electrons. The molecule has 6 nitrogen and oxygen atoms in total. The van der Waals surface area contributed by atoms with Crippen LogP contribution in [0.1, 0.15) is 48.2 Å². The highest BCUT2D eigenvalue weighted by molar-refractivity contribution is 6.03. The smallest absolute Gasteiger partial charge is 0.271 e. The second-order valence-electron chi connectivity index (χ2n) is 6.18. The van der Waals surface area contributed by atoms with Crippen LogP contribution in [-0.2, 0) is 6.54 Å². The van der Waals surface area contributed by atoms with Gasteiger partial charge in [-0.3, -0.25) is 14.2 Å². The Morgan fingerprint density at radius 3 is 2.67 bits per heavy atom. The number of hydrogen-bond acceptors (Lipinski definition) is 5. The molecule has 1 N–H and O–H groups in total. The van der Waals surface area contributed by atoms with E-state index in [1.807, 2.05) is 6.92 Å². The van der Waals surface area contributed by atoms with Crippen LogP contribution >= 0.6 is 0 Å². The molecule has 0 aliphatic rings. The second-order valence-corrected chi connectivity index (χ2v) is 6.18. The average molecular weight is 372 g/mol. The number of rotatable bonds is 7. The molecule has 1 atom stereocenters. The molecule has 0 fully saturated rings. The second kappa shape index (κ2) is 8.49. The highest BCUT2D eigenvalue weighted by Gasteiger charge is 2.28. The predicted molar refractivity (Wildman–Crippen MR) is 97.5 cm³/mol. The molecule has 0 saturated carbocycles. The summed E-state index contributed by atoms with van der Waals surface area (Å²) < 4.78 is 20.2. The Morgan fingerprint density at radius 2 is 2.07 bits per heavy atom. The summed E-state index contributed by atoms with van der Waals surface area (Å²) in [5.74, 6) is -1.87. The fourth-order valence-electron chi connectivity index (χ4n) is 2.76. The van der Waals surface area contributed by atoms with Crippen molar-refractivity contribution < 1.29 is 19.0 Å². The van der Waals surface area contributed by atoms with Crippen molar-refractivity contribution in [3.05, 3.63) is 57.1 Å². The Morgan fingerprint density at radius 1 is 1.41 bits per heavy atom. The SMILES string of the molecule is CCCCn1c(O)c(C(=O)C(C)Oc2ccccc2F)c(C)c(C#N)c1=O. The van der Waals surface area contributed by atoms with Gasteiger partial charge < -0.3 is 9.84 Å². The van der Waals surface area contributed by atoms with Crippen molar-refractivity contribution in [2.45, 2.75) is 46.3 Å². The van der Waals surface area contributed by atoms with Crippen molar-refractivity contribution in [1.29, 1.82) is 5.26 Å². The molecule has 1 unspecified atom stereocenters. The third kappa shape index (κ3) is 4.00. The third-order valence-electron chi connectivity index (χ3n) is 4.29. The molecule has 2 aromatic rings. The van der Waals surface area contributed by atoms with E-state index in [-0.39, 0.29) is 29.0 Å². The van der Waals surface area contributed by atoms with Gasteiger partial charge in [-0.1, -0.05) is 25.5 Å². The molecular weight excluding hydrogens is 351 g/mol. The topological polar surface area (TPSA) is 92.3 Å². The maximum Gasteiger partial charge on any atom is 0.271 e. The number of benzene rings is 1. The van der Waals surface area contributed by atoms with Crippen molar-refractivity contribution in [2.24, 2.45) is 0 Å². The molecular formula is C20H21FN2O4. The van der Waals surface area contributed by atoms with Crippen molar-refractivity contribution in [1.82, 2.24) is 4.57 Å². The fourth-order valence-corrected chi connectivity index (χ4v) is 2.76. The van der Waals surface area contributed by atoms with Crippen LogP contribution in [-0.4, -0.2) is 21.6 Å². The van der Waals surface area contributed by atoms with E-state index >= 15 is 0 Å². The normalized spacial score (nSPS) is 11.7. The number of carbonyl (C=O) groups is 1. The van der Waals surface area contributed by atoms with Gasteiger partial charge in [-0.15, -0.1) is 0 Å². The van der Waals surface area contributed by atoms with Gasteiger partial charge in [0.15, 0.2) is 17.7 Å². The van der Waals surface area contributed by atoms with E-state index < -0.39 is 29.1 Å². The Bertz CT molecular complexity index is 960. The van der Waals surface area contributed by atoms with Crippen LogP contribution in [0.2, 0.25) is 0 Å². The standard InChI is InChI=1S/C20H21FN2O4/c1-4-5-10-23-19(25)14(11-22)12(2)17(20(23)26)18(24)13(3)27-16-9-7-6-8-15(16)21/h6-9,13,26H,4-5,10H2,1-3H3. The fraction of sp³-hybridized carbons (Fsp3) is 0.350. The number of pyridine rings is 1. The number of carbonyl (C=O) groups excluding carboxylic acids is 1. The Hall–Kier alpha value is -3.14. The van der Waals surface area contributed by atoms with Crippen LogP contribution in [0.15, 0.2) is 29.1 Å². The zero-order chi connectivity index (χ0) is 20.1. The van der Waals surface area contributed by atoms with E-state index in [1.54, 1.807) is 12.1 Å². The van der Waals surface area contributed by atoms with Crippen molar-refractivity contribution in [2.75, 3.05) is 0 Å². The van der Waals surface area contributed by atoms with Crippen LogP contribution in [0.25, 0.3) is 0 Å². The molecule has 0 amide bonds. The number of unbranched alkanes of at least 4 members (excludes halogenated alkanes) is 1. The van der Waals surface area contributed by atoms with E-state index in [2.05, 4.69) is 0 Å². The first-order valence-electron chi connectivity index (χ1n) is 8.65. The number of ether oxygens (including phenoxy) is 1. The number of Topliss-reactive ketones (excluding diaryl/α,β-unsaturated/α-hetero) is 1. The average Bonchev–Trinajstić information content (AvgIpc) is 2.63. The highest BCUT2D eigenvalue weighted by atomic mass is 19.1. The highest BCUT2D eigenvalue weighted by Crippen LogP contribution is 2.26. The summed E-state index contributed by atoms with van der Waals surface area (Å²) in [7, 11) is 0. The van der Waals surface area contributed by atoms with Crippen molar-refractivity contribution in [3.8, 4) is 17.7 Å². The number of aromatic hydroxyl groups is 1. The van der Waals surface area contributed by atoms with Crippen molar-refractivity contribution >= 4 is 5.78 Å². The number of ketones is 1. The lowest BCUT2D eigenvalue weighted by atomic mass is 9.99. The molecule has 0 aliphatic heterocycles. The van der Waals surface area contributed by atoms with Crippen LogP contribution in [0.5, 0.6) is 11.6 Å². The first-order valence-corrected chi connectivity index (χ1v) is 8.65. The molecule has 0 saturated heterocycles. The van der Waals surface area contributed by atoms with Crippen LogP contribution in [0, 0.1) is 24.1 Å². The van der Waals surface area contributed by atoms with Gasteiger partial charge in [-0.25, -0.2) is 4.39 Å². The van der Waals surface area contributed by atoms with Gasteiger partial charge in [-0.2, -0.15) is 5.26 Å². The van der Waals surface area contributed by atoms with E-state index in [0.717, 1.165) is 11.0 Å². The summed E-state index contributed by atoms with van der Waals surface area (Å²) in [5, 5.41) is 19.9. The Kier molecular flexibility index (Phi) is 6.35. The third-order valence-corrected chi connectivity index (χ3v) is 4.29. The van der Waals surface area contributed by atoms with Crippen molar-refractivity contribution in [3.63, 3.8) is 0 Å². The van der Waals surface area contributed by atoms with E-state index in [9.17, 15) is 24.3 Å². The first kappa shape index (κ1) is 20.2. The van der Waals surface area contributed by atoms with Gasteiger partial charge in [0.2, 0.25) is 11.7 Å². The molecule has 1 aromatic carbocycles. The number of aromatic nitrogens is 1. The van der Waals surface area contributed by atoms with Gasteiger partial charge in [0.25, 0.3) is 5.56 Å². The number of nitrogens with zero attached hydrogens (tertiary/aromatic N) is 2. The van der Waals surface area contributed by atoms with Gasteiger partial charge in [0, 0.05) is 6.54 Å². The summed E-state index contributed by atoms with van der Waals surface area (Å²) in [6.45, 7) is 4.94. The summed E-state index contributed by atoms with van der Waals surface area (Å²) in [6, 6.07) is 7.45. The maximum absolute atomic E-state index is 13.8. The van der Waals surface area contributed by atoms with Crippen LogP contribution in [0.3, 0.4) is 0 Å². The quantitative estimate of drug-likeness (QED) is 0.753. The molecule has 27 heavy (non-hydrogen) atoms. The molecule has 1 heterocycles. The number of halogens is 1. The molecule has 0 bridgehead atoms. The van der Waals surface area contributed by atoms with E-state index in [1.165, 1.54) is 32.0 Å². The summed E-state index contributed by atoms with van der Waals surface area (Å²) in [4.78, 5) is 25.3. The molecule has 7 heteroatoms. The molecule has 142 valence electrons. The minimum absolute atomic E-state index is 0.0849. The number of nitriles is 1. The van der Waals surface area contributed by atoms with Crippen LogP contribution < -0.4 is 10.3 Å². The lowest BCUT2D eigenvalue weighted by molar-refractivity contribution is 0.0806. The van der Waals surface area contributed by atoms with Gasteiger partial charge in [-0.05, 0) is 38.0 Å². The van der Waals surface area contributed by atoms with Gasteiger partial charge in [0.05, 0.1) is 5.56 Å². The summed E-state index contributed by atoms with van der Waals surface area (Å²) >= 11 is 0. The lowest BCUT2D eigenvalue weighted by Gasteiger charge is -2.19. The van der Waals surface area contributed by atoms with Gasteiger partial charge >= 0.3 is 0 Å². The summed E-state index contributed by atoms with van der Waals surface area (Å²) in [6.07, 6.45) is 0.226. The zero-order valence-electron chi connectivity index (χ0n) is 15.5. The lowest BCUT2D eigenvalue weighted by Crippen LogP contribution is -2.31. The minimum atomic E-state index is -1.13. The predicted octanol–water partition coefficient (Wildman–Crippen LogP) is 3.32. The monoisotopic (exact) mass is 372 g/mol. The van der Waals surface area contributed by atoms with E-state index in [0.29, 0.717) is 6.42 Å². The van der Waals surface area contributed by atoms with Gasteiger partial charge in [0.1, 0.15) is 11.6 Å². The first-order chi connectivity index (χ1) is 12.8. The Balaban J connectivity index is 2.50. The minimum Gasteiger partial charge on any atom is -0.494 e. The zero-order valence-corrected chi connectivity index (χ0v) is 15.5. The largest absolute Gasteiger partial charge is 0.494 e. The van der Waals surface area contributed by atoms with E-state index in [4.69, 9.17) is 4.74 Å². The Labute approximate surface area is 156 Å². The number of hydrogen-bond donors (Lipinski definition) is 1. The number of para-hydroxylation sites is 1. The maximum atomic E-state index is 13.8. The van der Waals surface area contributed by atoms with Crippen LogP contribution in [0.4, 0.5) is 4.39 Å². The molecule has 2 rings (SSSR count). The molecule has 0 aliphatic carbocycles. The molecule has 1 aromatic heterocycles. The molecule has 0 spiro atoms. The summed E-state index contributed by atoms with van der Waals surface area (Å²) in [5.41, 5.74) is -0.918.